The van der Waals surface area contributed by atoms with Gasteiger partial charge in [-0.15, -0.1) is 0 Å². The van der Waals surface area contributed by atoms with Crippen LogP contribution in [0.15, 0.2) is 60.7 Å². The fourth-order valence-electron chi connectivity index (χ4n) is 6.76. The van der Waals surface area contributed by atoms with Crippen LogP contribution in [-0.4, -0.2) is 86.0 Å². The topological polar surface area (TPSA) is 78.3 Å². The Bertz CT molecular complexity index is 1750. The minimum Gasteiger partial charge on any atom is -0.493 e. The molecule has 1 amide bonds. The molecule has 1 saturated heterocycles. The number of ether oxygens (including phenoxy) is 4. The summed E-state index contributed by atoms with van der Waals surface area (Å²) in [5.74, 6) is 3.11. The van der Waals surface area contributed by atoms with Crippen molar-refractivity contribution in [2.75, 3.05) is 60.7 Å². The van der Waals surface area contributed by atoms with Crippen LogP contribution in [0.1, 0.15) is 82.3 Å². The van der Waals surface area contributed by atoms with Gasteiger partial charge in [-0.3, -0.25) is 4.79 Å². The third kappa shape index (κ3) is 13.1. The molecule has 0 radical (unpaired) electrons. The van der Waals surface area contributed by atoms with E-state index in [1.54, 1.807) is 28.3 Å². The minimum atomic E-state index is -4.21. The first-order valence-corrected chi connectivity index (χ1v) is 19.7. The lowest BCUT2D eigenvalue weighted by molar-refractivity contribution is -0.137. The summed E-state index contributed by atoms with van der Waals surface area (Å²) in [6, 6.07) is 17.1. The molecule has 1 fully saturated rings. The van der Waals surface area contributed by atoms with Crippen molar-refractivity contribution in [1.82, 2.24) is 19.4 Å². The highest BCUT2D eigenvalue weighted by atomic mass is 19.4. The van der Waals surface area contributed by atoms with Gasteiger partial charge in [0.1, 0.15) is 5.82 Å². The maximum Gasteiger partial charge on any atom is 0.416 e. The quantitative estimate of drug-likeness (QED) is 0.0988. The Morgan fingerprint density at radius 1 is 0.875 bits per heavy atom. The monoisotopic (exact) mass is 784 g/mol. The van der Waals surface area contributed by atoms with Crippen molar-refractivity contribution in [3.05, 3.63) is 83.2 Å². The number of methoxy groups -OCH3 is 3. The van der Waals surface area contributed by atoms with Crippen molar-refractivity contribution < 1.29 is 36.9 Å². The van der Waals surface area contributed by atoms with Gasteiger partial charge in [-0.1, -0.05) is 57.0 Å². The van der Waals surface area contributed by atoms with E-state index in [9.17, 15) is 18.0 Å². The zero-order valence-electron chi connectivity index (χ0n) is 34.9. The van der Waals surface area contributed by atoms with Gasteiger partial charge in [0.25, 0.3) is 0 Å². The maximum atomic E-state index is 13.3. The summed E-state index contributed by atoms with van der Waals surface area (Å²) in [6.45, 7) is 19.3. The minimum absolute atomic E-state index is 0.253. The zero-order valence-corrected chi connectivity index (χ0v) is 34.9. The molecule has 1 aliphatic rings. The molecule has 0 saturated carbocycles. The van der Waals surface area contributed by atoms with E-state index in [1.165, 1.54) is 30.5 Å². The summed E-state index contributed by atoms with van der Waals surface area (Å²) in [5.41, 5.74) is 3.19. The molecule has 9 nitrogen and oxygen atoms in total. The number of alkyl halides is 3. The van der Waals surface area contributed by atoms with Crippen molar-refractivity contribution in [3.8, 4) is 17.2 Å². The smallest absolute Gasteiger partial charge is 0.416 e. The van der Waals surface area contributed by atoms with E-state index in [1.807, 2.05) is 49.1 Å². The molecule has 0 N–H and O–H groups in total. The summed E-state index contributed by atoms with van der Waals surface area (Å²) in [6.07, 6.45) is 1.19. The molecule has 310 valence electrons. The molecule has 1 atom stereocenters. The van der Waals surface area contributed by atoms with Crippen LogP contribution in [0.25, 0.3) is 11.0 Å². The average molecular weight is 785 g/mol. The molecule has 56 heavy (non-hydrogen) atoms. The van der Waals surface area contributed by atoms with Crippen molar-refractivity contribution in [2.24, 2.45) is 5.41 Å². The van der Waals surface area contributed by atoms with E-state index in [2.05, 4.69) is 41.3 Å². The first kappa shape index (κ1) is 46.1. The maximum absolute atomic E-state index is 13.3. The Balaban J connectivity index is 0.000000265. The van der Waals surface area contributed by atoms with Gasteiger partial charge in [0.2, 0.25) is 11.7 Å². The summed E-state index contributed by atoms with van der Waals surface area (Å²) < 4.78 is 59.6. The number of hydrogen-bond acceptors (Lipinski definition) is 7. The van der Waals surface area contributed by atoms with E-state index in [4.69, 9.17) is 18.9 Å². The molecular formula is C44H63F3N4O5. The SMILES string of the molecule is CCCCN(CCC)CCC1(C)CCN(Cc2cc(OC)c(OC)c(OC)c2)C1=O.CCOCCn1c(C)nc2ccccc21.Cc1ccc(C(F)(F)F)cc1. The second kappa shape index (κ2) is 22.5. The summed E-state index contributed by atoms with van der Waals surface area (Å²) in [5, 5.41) is 0. The normalized spacial score (nSPS) is 15.4. The second-order valence-electron chi connectivity index (χ2n) is 14.4. The van der Waals surface area contributed by atoms with Crippen LogP contribution in [0.2, 0.25) is 0 Å². The van der Waals surface area contributed by atoms with Crippen LogP contribution in [-0.2, 0) is 28.8 Å². The fraction of sp³-hybridized carbons (Fsp3) is 0.545. The van der Waals surface area contributed by atoms with Crippen LogP contribution >= 0.6 is 0 Å². The molecule has 1 aliphatic heterocycles. The Hall–Kier alpha value is -4.29. The van der Waals surface area contributed by atoms with E-state index >= 15 is 0 Å². The summed E-state index contributed by atoms with van der Waals surface area (Å²) >= 11 is 0. The number of nitrogens with zero attached hydrogens (tertiary/aromatic N) is 4. The van der Waals surface area contributed by atoms with Crippen molar-refractivity contribution >= 4 is 16.9 Å². The highest BCUT2D eigenvalue weighted by molar-refractivity contribution is 5.84. The Morgan fingerprint density at radius 2 is 1.54 bits per heavy atom. The molecule has 5 rings (SSSR count). The number of imidazole rings is 1. The number of likely N-dealkylation sites (tertiary alicyclic amines) is 1. The number of carbonyl (C=O) groups excluding carboxylic acids is 1. The number of carbonyl (C=O) groups is 1. The van der Waals surface area contributed by atoms with Gasteiger partial charge in [0, 0.05) is 31.7 Å². The Labute approximate surface area is 332 Å². The summed E-state index contributed by atoms with van der Waals surface area (Å²) in [4.78, 5) is 22.3. The van der Waals surface area contributed by atoms with Crippen LogP contribution in [0.4, 0.5) is 13.2 Å². The molecule has 0 bridgehead atoms. The van der Waals surface area contributed by atoms with Gasteiger partial charge in [0.05, 0.1) is 44.5 Å². The predicted molar refractivity (Wildman–Crippen MR) is 218 cm³/mol. The van der Waals surface area contributed by atoms with E-state index in [0.717, 1.165) is 99.8 Å². The molecule has 3 aromatic carbocycles. The number of halogens is 3. The molecular weight excluding hydrogens is 722 g/mol. The second-order valence-corrected chi connectivity index (χ2v) is 14.4. The number of aryl methyl sites for hydroxylation is 2. The van der Waals surface area contributed by atoms with Crippen LogP contribution in [0.3, 0.4) is 0 Å². The number of aromatic nitrogens is 2. The first-order valence-electron chi connectivity index (χ1n) is 19.7. The van der Waals surface area contributed by atoms with Crippen LogP contribution in [0, 0.1) is 19.3 Å². The molecule has 1 aromatic heterocycles. The van der Waals surface area contributed by atoms with Gasteiger partial charge in [-0.25, -0.2) is 4.98 Å². The van der Waals surface area contributed by atoms with E-state index in [-0.39, 0.29) is 11.3 Å². The molecule has 1 unspecified atom stereocenters. The molecule has 4 aromatic rings. The van der Waals surface area contributed by atoms with Crippen LogP contribution < -0.4 is 14.2 Å². The van der Waals surface area contributed by atoms with Crippen molar-refractivity contribution in [3.63, 3.8) is 0 Å². The van der Waals surface area contributed by atoms with Gasteiger partial charge in [-0.05, 0) is 108 Å². The van der Waals surface area contributed by atoms with Crippen molar-refractivity contribution in [2.45, 2.75) is 92.9 Å². The highest BCUT2D eigenvalue weighted by Crippen LogP contribution is 2.40. The van der Waals surface area contributed by atoms with Crippen molar-refractivity contribution in [1.29, 1.82) is 0 Å². The number of para-hydroxylation sites is 2. The lowest BCUT2D eigenvalue weighted by Gasteiger charge is -2.28. The number of amides is 1. The van der Waals surface area contributed by atoms with Gasteiger partial charge < -0.3 is 33.3 Å². The molecule has 12 heteroatoms. The van der Waals surface area contributed by atoms with Crippen LogP contribution in [0.5, 0.6) is 17.2 Å². The highest BCUT2D eigenvalue weighted by Gasteiger charge is 2.42. The van der Waals surface area contributed by atoms with Gasteiger partial charge >= 0.3 is 6.18 Å². The Kier molecular flexibility index (Phi) is 18.5. The van der Waals surface area contributed by atoms with E-state index < -0.39 is 11.7 Å². The fourth-order valence-corrected chi connectivity index (χ4v) is 6.76. The lowest BCUT2D eigenvalue weighted by Crippen LogP contribution is -2.36. The van der Waals surface area contributed by atoms with Gasteiger partial charge in [0.15, 0.2) is 11.5 Å². The molecule has 2 heterocycles. The average Bonchev–Trinajstić information content (AvgIpc) is 3.65. The third-order valence-corrected chi connectivity index (χ3v) is 10.1. The molecule has 0 spiro atoms. The first-order chi connectivity index (χ1) is 26.7. The number of fused-ring (bicyclic) bond motifs is 1. The number of benzene rings is 3. The predicted octanol–water partition coefficient (Wildman–Crippen LogP) is 9.75. The number of unbranched alkanes of at least 4 members (excludes halogenated alkanes) is 1. The number of rotatable bonds is 17. The third-order valence-electron chi connectivity index (χ3n) is 10.1. The lowest BCUT2D eigenvalue weighted by atomic mass is 9.85. The Morgan fingerprint density at radius 3 is 2.11 bits per heavy atom. The largest absolute Gasteiger partial charge is 0.493 e. The summed E-state index contributed by atoms with van der Waals surface area (Å²) in [7, 11) is 4.82. The van der Waals surface area contributed by atoms with E-state index in [0.29, 0.717) is 23.8 Å². The standard InChI is InChI=1S/C24H40N2O4.C12H16N2O.C8H7F3/c1-7-9-13-25(12-8-2)14-10-24(3)11-15-26(23(24)27)18-19-16-20(28-4)22(30-6)21(17-19)29-5;1-3-15-9-8-14-10(2)13-11-6-4-5-7-12(11)14;1-6-2-4-7(5-3-6)8(9,10)11/h16-17H,7-15,18H2,1-6H3;4-7H,3,8-9H2,1-2H3;2-5H,1H3. The van der Waals surface area contributed by atoms with Gasteiger partial charge in [-0.2, -0.15) is 13.2 Å². The zero-order chi connectivity index (χ0) is 41.3. The number of hydrogen-bond donors (Lipinski definition) is 0. The molecule has 0 aliphatic carbocycles.